The van der Waals surface area contributed by atoms with E-state index in [0.717, 1.165) is 16.5 Å². The molecule has 4 aromatic rings. The Labute approximate surface area is 241 Å². The number of anilines is 3. The van der Waals surface area contributed by atoms with Gasteiger partial charge in [0, 0.05) is 25.8 Å². The lowest BCUT2D eigenvalue weighted by Gasteiger charge is -2.28. The number of ketones is 1. The van der Waals surface area contributed by atoms with E-state index in [1.54, 1.807) is 23.2 Å². The zero-order chi connectivity index (χ0) is 28.5. The van der Waals surface area contributed by atoms with Gasteiger partial charge in [-0.05, 0) is 49.5 Å². The van der Waals surface area contributed by atoms with E-state index >= 15 is 0 Å². The number of carbonyl (C=O) groups is 3. The lowest BCUT2D eigenvalue weighted by atomic mass is 9.98. The summed E-state index contributed by atoms with van der Waals surface area (Å²) in [5.41, 5.74) is 3.86. The first-order chi connectivity index (χ1) is 19.9. The largest absolute Gasteiger partial charge is 0.346 e. The number of pyridine rings is 1. The van der Waals surface area contributed by atoms with Gasteiger partial charge in [-0.15, -0.1) is 11.3 Å². The van der Waals surface area contributed by atoms with E-state index in [9.17, 15) is 14.4 Å². The molecule has 2 aliphatic heterocycles. The molecule has 3 amide bonds. The van der Waals surface area contributed by atoms with Crippen molar-refractivity contribution in [3.05, 3.63) is 83.9 Å². The first-order valence-electron chi connectivity index (χ1n) is 13.5. The number of nitrogens with one attached hydrogen (secondary N) is 3. The van der Waals surface area contributed by atoms with Crippen LogP contribution in [0.1, 0.15) is 9.67 Å². The van der Waals surface area contributed by atoms with E-state index in [0.29, 0.717) is 46.4 Å². The standard InChI is InChI=1S/C31H30N6O3S/c1-36(2)15-7-12-25(38)22-17-32-18-23(22)34-29(39)28-27-26-24(13-14-33-30(26)41-28)37(31(40)35-27)21-11-6-10-20(16-21)19-8-4-3-5-9-19/h3-14,16,22-23,32H,15,17-18H2,1-2H3,(H,34,39)(H,35,40)/b12-7+/t22?,23-/m0/s1. The molecule has 1 saturated heterocycles. The van der Waals surface area contributed by atoms with Crippen LogP contribution in [0.2, 0.25) is 0 Å². The second-order valence-electron chi connectivity index (χ2n) is 10.4. The molecule has 0 aliphatic carbocycles. The van der Waals surface area contributed by atoms with Crippen molar-refractivity contribution in [3.63, 3.8) is 0 Å². The molecule has 2 atom stereocenters. The topological polar surface area (TPSA) is 107 Å². The van der Waals surface area contributed by atoms with Crippen molar-refractivity contribution in [2.45, 2.75) is 6.04 Å². The number of nitrogens with zero attached hydrogens (tertiary/aromatic N) is 3. The summed E-state index contributed by atoms with van der Waals surface area (Å²) in [6.45, 7) is 1.65. The maximum atomic E-state index is 13.6. The van der Waals surface area contributed by atoms with E-state index in [-0.39, 0.29) is 29.7 Å². The minimum absolute atomic E-state index is 0.0227. The van der Waals surface area contributed by atoms with E-state index in [1.165, 1.54) is 11.3 Å². The number of hydrogen-bond donors (Lipinski definition) is 3. The summed E-state index contributed by atoms with van der Waals surface area (Å²) < 4.78 is 0. The third kappa shape index (κ3) is 5.24. The fourth-order valence-corrected chi connectivity index (χ4v) is 6.34. The molecule has 208 valence electrons. The molecular weight excluding hydrogens is 536 g/mol. The zero-order valence-electron chi connectivity index (χ0n) is 22.8. The highest BCUT2D eigenvalue weighted by Crippen LogP contribution is 2.46. The fourth-order valence-electron chi connectivity index (χ4n) is 5.32. The molecule has 41 heavy (non-hydrogen) atoms. The van der Waals surface area contributed by atoms with Gasteiger partial charge in [0.25, 0.3) is 5.91 Å². The Morgan fingerprint density at radius 1 is 1.10 bits per heavy atom. The van der Waals surface area contributed by atoms with Crippen molar-refractivity contribution in [2.75, 3.05) is 43.9 Å². The minimum Gasteiger partial charge on any atom is -0.346 e. The summed E-state index contributed by atoms with van der Waals surface area (Å²) in [6, 6.07) is 18.9. The molecule has 1 fully saturated rings. The quantitative estimate of drug-likeness (QED) is 0.268. The number of likely N-dealkylation sites (N-methyl/N-ethyl adjacent to an activating group) is 1. The van der Waals surface area contributed by atoms with Gasteiger partial charge in [-0.3, -0.25) is 14.5 Å². The third-order valence-electron chi connectivity index (χ3n) is 7.31. The lowest BCUT2D eigenvalue weighted by molar-refractivity contribution is -0.118. The summed E-state index contributed by atoms with van der Waals surface area (Å²) >= 11 is 1.23. The molecule has 1 unspecified atom stereocenters. The van der Waals surface area contributed by atoms with Crippen molar-refractivity contribution in [1.82, 2.24) is 20.5 Å². The van der Waals surface area contributed by atoms with Crippen LogP contribution in [0.15, 0.2) is 79.0 Å². The van der Waals surface area contributed by atoms with E-state index < -0.39 is 0 Å². The molecule has 0 bridgehead atoms. The molecule has 2 aliphatic rings. The predicted octanol–water partition coefficient (Wildman–Crippen LogP) is 4.65. The highest BCUT2D eigenvalue weighted by molar-refractivity contribution is 7.21. The summed E-state index contributed by atoms with van der Waals surface area (Å²) in [4.78, 5) is 49.1. The number of thiophene rings is 1. The smallest absolute Gasteiger partial charge is 0.331 e. The summed E-state index contributed by atoms with van der Waals surface area (Å²) in [6.07, 6.45) is 5.08. The van der Waals surface area contributed by atoms with Gasteiger partial charge < -0.3 is 20.9 Å². The zero-order valence-corrected chi connectivity index (χ0v) is 23.6. The van der Waals surface area contributed by atoms with Crippen LogP contribution in [0.3, 0.4) is 0 Å². The molecule has 6 rings (SSSR count). The first-order valence-corrected chi connectivity index (χ1v) is 14.3. The summed E-state index contributed by atoms with van der Waals surface area (Å²) in [5.74, 6) is -0.721. The monoisotopic (exact) mass is 566 g/mol. The van der Waals surface area contributed by atoms with E-state index in [1.807, 2.05) is 79.7 Å². The number of benzene rings is 2. The SMILES string of the molecule is CN(C)C/C=C/C(=O)C1CNC[C@@H]1NC(=O)c1sc2nccc3c2c1NC(=O)N3c1cccc(-c2ccccc2)c1. The van der Waals surface area contributed by atoms with Crippen LogP contribution in [0, 0.1) is 5.92 Å². The Kier molecular flexibility index (Phi) is 7.36. The molecule has 0 radical (unpaired) electrons. The van der Waals surface area contributed by atoms with Crippen LogP contribution in [-0.4, -0.2) is 67.4 Å². The van der Waals surface area contributed by atoms with Crippen molar-refractivity contribution in [3.8, 4) is 11.1 Å². The van der Waals surface area contributed by atoms with Gasteiger partial charge in [0.1, 0.15) is 9.71 Å². The van der Waals surface area contributed by atoms with Crippen LogP contribution in [0.25, 0.3) is 21.3 Å². The molecule has 4 heterocycles. The number of hydrogen-bond acceptors (Lipinski definition) is 7. The molecule has 3 N–H and O–H groups in total. The van der Waals surface area contributed by atoms with Crippen LogP contribution < -0.4 is 20.9 Å². The molecule has 2 aromatic carbocycles. The van der Waals surface area contributed by atoms with Crippen LogP contribution >= 0.6 is 11.3 Å². The van der Waals surface area contributed by atoms with Gasteiger partial charge in [0.15, 0.2) is 5.78 Å². The molecule has 2 aromatic heterocycles. The number of allylic oxidation sites excluding steroid dienone is 1. The van der Waals surface area contributed by atoms with Crippen LogP contribution in [0.4, 0.5) is 21.9 Å². The Morgan fingerprint density at radius 2 is 1.90 bits per heavy atom. The van der Waals surface area contributed by atoms with Gasteiger partial charge in [0.2, 0.25) is 0 Å². The number of amides is 3. The van der Waals surface area contributed by atoms with Gasteiger partial charge in [-0.25, -0.2) is 9.78 Å². The molecule has 0 spiro atoms. The summed E-state index contributed by atoms with van der Waals surface area (Å²) in [5, 5.41) is 9.93. The van der Waals surface area contributed by atoms with Crippen molar-refractivity contribution in [1.29, 1.82) is 0 Å². The summed E-state index contributed by atoms with van der Waals surface area (Å²) in [7, 11) is 3.87. The second-order valence-corrected chi connectivity index (χ2v) is 11.4. The lowest BCUT2D eigenvalue weighted by Crippen LogP contribution is -2.43. The maximum Gasteiger partial charge on any atom is 0.331 e. The van der Waals surface area contributed by atoms with Gasteiger partial charge in [0.05, 0.1) is 34.4 Å². The fraction of sp³-hybridized carbons (Fsp3) is 0.226. The number of urea groups is 1. The van der Waals surface area contributed by atoms with E-state index in [4.69, 9.17) is 0 Å². The van der Waals surface area contributed by atoms with Gasteiger partial charge in [-0.1, -0.05) is 48.5 Å². The average molecular weight is 567 g/mol. The van der Waals surface area contributed by atoms with Gasteiger partial charge >= 0.3 is 6.03 Å². The van der Waals surface area contributed by atoms with Crippen molar-refractivity contribution >= 4 is 56.3 Å². The molecule has 9 nitrogen and oxygen atoms in total. The first kappa shape index (κ1) is 26.8. The highest BCUT2D eigenvalue weighted by Gasteiger charge is 2.36. The number of carbonyl (C=O) groups excluding carboxylic acids is 3. The molecular formula is C31H30N6O3S. The van der Waals surface area contributed by atoms with Crippen LogP contribution in [0.5, 0.6) is 0 Å². The normalized spacial score (nSPS) is 18.3. The van der Waals surface area contributed by atoms with E-state index in [2.05, 4.69) is 20.9 Å². The number of aromatic nitrogens is 1. The Bertz CT molecular complexity index is 1670. The van der Waals surface area contributed by atoms with Crippen LogP contribution in [-0.2, 0) is 4.79 Å². The highest BCUT2D eigenvalue weighted by atomic mass is 32.1. The van der Waals surface area contributed by atoms with Gasteiger partial charge in [-0.2, -0.15) is 0 Å². The molecule has 0 saturated carbocycles. The van der Waals surface area contributed by atoms with Crippen molar-refractivity contribution in [2.24, 2.45) is 5.92 Å². The average Bonchev–Trinajstić information content (AvgIpc) is 3.59. The predicted molar refractivity (Wildman–Crippen MR) is 163 cm³/mol. The maximum absolute atomic E-state index is 13.6. The minimum atomic E-state index is -0.362. The Morgan fingerprint density at radius 3 is 2.71 bits per heavy atom. The number of rotatable bonds is 8. The third-order valence-corrected chi connectivity index (χ3v) is 8.41. The second kappa shape index (κ2) is 11.2. The van der Waals surface area contributed by atoms with Crippen molar-refractivity contribution < 1.29 is 14.4 Å². The Hall–Kier alpha value is -4.38. The Balaban J connectivity index is 1.29. The molecule has 10 heteroatoms.